The Morgan fingerprint density at radius 3 is 2.27 bits per heavy atom. The second kappa shape index (κ2) is 13.5. The van der Waals surface area contributed by atoms with Crippen LogP contribution in [-0.4, -0.2) is 74.8 Å². The summed E-state index contributed by atoms with van der Waals surface area (Å²) in [5.41, 5.74) is 9.15. The second-order valence-electron chi connectivity index (χ2n) is 11.7. The number of nitrogens with two attached hydrogens (primary N) is 1. The number of piperazine rings is 1. The van der Waals surface area contributed by atoms with Crippen molar-refractivity contribution in [2.45, 2.75) is 44.2 Å². The molecule has 0 bridgehead atoms. The smallest absolute Gasteiger partial charge is 0.255 e. The van der Waals surface area contributed by atoms with Crippen LogP contribution in [0.2, 0.25) is 0 Å². The number of carbonyl (C=O) groups is 3. The number of methoxy groups -OCH3 is 1. The molecule has 2 heterocycles. The number of anilines is 2. The van der Waals surface area contributed by atoms with Crippen LogP contribution in [0.15, 0.2) is 60.7 Å². The van der Waals surface area contributed by atoms with E-state index in [1.54, 1.807) is 37.4 Å². The van der Waals surface area contributed by atoms with E-state index in [9.17, 15) is 14.4 Å². The van der Waals surface area contributed by atoms with Gasteiger partial charge >= 0.3 is 0 Å². The molecule has 0 unspecified atom stereocenters. The molecule has 2 aliphatic heterocycles. The van der Waals surface area contributed by atoms with Crippen molar-refractivity contribution in [2.24, 2.45) is 5.73 Å². The van der Waals surface area contributed by atoms with Gasteiger partial charge in [0.05, 0.1) is 24.9 Å². The number of carbonyl (C=O) groups excluding carboxylic acids is 3. The summed E-state index contributed by atoms with van der Waals surface area (Å²) in [6.45, 7) is 2.35. The van der Waals surface area contributed by atoms with Gasteiger partial charge in [0.15, 0.2) is 11.5 Å². The third-order valence-corrected chi connectivity index (χ3v) is 8.74. The third kappa shape index (κ3) is 7.15. The Labute approximate surface area is 262 Å². The lowest BCUT2D eigenvalue weighted by atomic mass is 9.91. The highest BCUT2D eigenvalue weighted by molar-refractivity contribution is 6.07. The number of fused-ring (bicyclic) bond motifs is 1. The third-order valence-electron chi connectivity index (χ3n) is 8.74. The highest BCUT2D eigenvalue weighted by Crippen LogP contribution is 2.34. The monoisotopic (exact) mass is 613 g/mol. The molecule has 11 nitrogen and oxygen atoms in total. The average Bonchev–Trinajstić information content (AvgIpc) is 3.54. The molecule has 3 aromatic rings. The molecule has 0 radical (unpaired) electrons. The number of hydrogen-bond acceptors (Lipinski definition) is 8. The largest absolute Gasteiger partial charge is 0.497 e. The number of nitrogens with zero attached hydrogens (tertiary/aromatic N) is 2. The number of hydrogen-bond donors (Lipinski definition) is 3. The minimum atomic E-state index is -0.332. The Hall–Kier alpha value is -4.77. The number of rotatable bonds is 8. The maximum Gasteiger partial charge on any atom is 0.255 e. The minimum absolute atomic E-state index is 0.0619. The SMILES string of the molecule is COc1ccc(CC(=O)N2CCN(c3ccc(C(=O)NC4CCC(N)CC4)cc3NC(=O)c3ccc4c(c3)OCO4)CC2)cc1. The molecule has 11 heteroatoms. The van der Waals surface area contributed by atoms with Gasteiger partial charge in [0.2, 0.25) is 12.7 Å². The van der Waals surface area contributed by atoms with E-state index in [-0.39, 0.29) is 36.6 Å². The van der Waals surface area contributed by atoms with Crippen molar-refractivity contribution >= 4 is 29.1 Å². The Morgan fingerprint density at radius 1 is 0.844 bits per heavy atom. The first-order valence-corrected chi connectivity index (χ1v) is 15.4. The molecule has 3 aromatic carbocycles. The summed E-state index contributed by atoms with van der Waals surface area (Å²) in [6, 6.07) is 18.2. The van der Waals surface area contributed by atoms with Crippen molar-refractivity contribution in [1.29, 1.82) is 0 Å². The lowest BCUT2D eigenvalue weighted by Gasteiger charge is -2.37. The standard InChI is InChI=1S/C34H39N5O6/c1-43-27-10-2-22(3-11-27)18-32(40)39-16-14-38(15-17-39)29-12-4-23(33(41)36-26-8-6-25(35)7-9-26)19-28(29)37-34(42)24-5-13-30-31(20-24)45-21-44-30/h2-5,10-13,19-20,25-26H,6-9,14-18,21,35H2,1H3,(H,36,41)(H,37,42). The van der Waals surface area contributed by atoms with E-state index in [1.165, 1.54) is 0 Å². The van der Waals surface area contributed by atoms with Crippen LogP contribution in [0, 0.1) is 0 Å². The summed E-state index contributed by atoms with van der Waals surface area (Å²) in [7, 11) is 1.62. The fourth-order valence-electron chi connectivity index (χ4n) is 6.04. The van der Waals surface area contributed by atoms with Gasteiger partial charge in [0.25, 0.3) is 11.8 Å². The second-order valence-corrected chi connectivity index (χ2v) is 11.7. The maximum atomic E-state index is 13.4. The number of amides is 3. The molecule has 3 aliphatic rings. The molecule has 6 rings (SSSR count). The quantitative estimate of drug-likeness (QED) is 0.351. The summed E-state index contributed by atoms with van der Waals surface area (Å²) in [5, 5.41) is 6.17. The van der Waals surface area contributed by atoms with Gasteiger partial charge in [-0.2, -0.15) is 0 Å². The van der Waals surface area contributed by atoms with Crippen LogP contribution in [0.1, 0.15) is 52.0 Å². The van der Waals surface area contributed by atoms with Crippen LogP contribution in [0.25, 0.3) is 0 Å². The van der Waals surface area contributed by atoms with E-state index >= 15 is 0 Å². The van der Waals surface area contributed by atoms with Crippen molar-refractivity contribution in [3.8, 4) is 17.2 Å². The van der Waals surface area contributed by atoms with Gasteiger partial charge in [-0.15, -0.1) is 0 Å². The van der Waals surface area contributed by atoms with Crippen molar-refractivity contribution < 1.29 is 28.6 Å². The van der Waals surface area contributed by atoms with Crippen molar-refractivity contribution in [1.82, 2.24) is 10.2 Å². The van der Waals surface area contributed by atoms with E-state index in [0.29, 0.717) is 60.9 Å². The molecule has 4 N–H and O–H groups in total. The topological polar surface area (TPSA) is 135 Å². The Bertz CT molecular complexity index is 1550. The zero-order valence-electron chi connectivity index (χ0n) is 25.4. The number of benzene rings is 3. The van der Waals surface area contributed by atoms with E-state index in [0.717, 1.165) is 42.7 Å². The first-order valence-electron chi connectivity index (χ1n) is 15.4. The van der Waals surface area contributed by atoms with E-state index < -0.39 is 0 Å². The predicted octanol–water partition coefficient (Wildman–Crippen LogP) is 3.57. The maximum absolute atomic E-state index is 13.4. The van der Waals surface area contributed by atoms with Crippen molar-refractivity contribution in [2.75, 3.05) is 50.3 Å². The van der Waals surface area contributed by atoms with Gasteiger partial charge in [-0.05, 0) is 79.8 Å². The fourth-order valence-corrected chi connectivity index (χ4v) is 6.04. The van der Waals surface area contributed by atoms with Gasteiger partial charge in [0, 0.05) is 49.4 Å². The number of nitrogens with one attached hydrogen (secondary N) is 2. The van der Waals surface area contributed by atoms with Crippen LogP contribution in [0.5, 0.6) is 17.2 Å². The zero-order valence-corrected chi connectivity index (χ0v) is 25.4. The first-order chi connectivity index (χ1) is 21.9. The molecule has 1 saturated carbocycles. The predicted molar refractivity (Wildman–Crippen MR) is 170 cm³/mol. The molecule has 0 aromatic heterocycles. The van der Waals surface area contributed by atoms with E-state index in [4.69, 9.17) is 19.9 Å². The molecule has 0 spiro atoms. The van der Waals surface area contributed by atoms with Gasteiger partial charge in [-0.25, -0.2) is 0 Å². The number of ether oxygens (including phenoxy) is 3. The van der Waals surface area contributed by atoms with E-state index in [1.807, 2.05) is 35.2 Å². The van der Waals surface area contributed by atoms with Crippen LogP contribution in [-0.2, 0) is 11.2 Å². The van der Waals surface area contributed by atoms with Crippen LogP contribution in [0.4, 0.5) is 11.4 Å². The molecule has 2 fully saturated rings. The average molecular weight is 614 g/mol. The summed E-state index contributed by atoms with van der Waals surface area (Å²) in [6.07, 6.45) is 3.78. The van der Waals surface area contributed by atoms with Gasteiger partial charge in [-0.3, -0.25) is 14.4 Å². The normalized spacial score (nSPS) is 19.2. The summed E-state index contributed by atoms with van der Waals surface area (Å²) >= 11 is 0. The molecule has 3 amide bonds. The van der Waals surface area contributed by atoms with Gasteiger partial charge < -0.3 is 40.4 Å². The van der Waals surface area contributed by atoms with Crippen LogP contribution in [0.3, 0.4) is 0 Å². The van der Waals surface area contributed by atoms with Gasteiger partial charge in [0.1, 0.15) is 5.75 Å². The highest BCUT2D eigenvalue weighted by atomic mass is 16.7. The molecule has 236 valence electrons. The zero-order chi connectivity index (χ0) is 31.3. The molecular formula is C34H39N5O6. The Morgan fingerprint density at radius 2 is 1.53 bits per heavy atom. The summed E-state index contributed by atoms with van der Waals surface area (Å²) in [5.74, 6) is 1.40. The first kappa shape index (κ1) is 30.3. The van der Waals surface area contributed by atoms with Crippen molar-refractivity contribution in [3.05, 3.63) is 77.4 Å². The Kier molecular flexibility index (Phi) is 9.06. The molecular weight excluding hydrogens is 574 g/mol. The summed E-state index contributed by atoms with van der Waals surface area (Å²) in [4.78, 5) is 43.8. The summed E-state index contributed by atoms with van der Waals surface area (Å²) < 4.78 is 16.1. The minimum Gasteiger partial charge on any atom is -0.497 e. The molecule has 1 aliphatic carbocycles. The van der Waals surface area contributed by atoms with Crippen molar-refractivity contribution in [3.63, 3.8) is 0 Å². The lowest BCUT2D eigenvalue weighted by Crippen LogP contribution is -2.49. The van der Waals surface area contributed by atoms with Crippen LogP contribution < -0.4 is 35.5 Å². The molecule has 0 atom stereocenters. The van der Waals surface area contributed by atoms with E-state index in [2.05, 4.69) is 15.5 Å². The molecule has 1 saturated heterocycles. The lowest BCUT2D eigenvalue weighted by molar-refractivity contribution is -0.130. The van der Waals surface area contributed by atoms with Crippen LogP contribution >= 0.6 is 0 Å². The van der Waals surface area contributed by atoms with Gasteiger partial charge in [-0.1, -0.05) is 12.1 Å². The Balaban J connectivity index is 1.17. The highest BCUT2D eigenvalue weighted by Gasteiger charge is 2.26. The fraction of sp³-hybridized carbons (Fsp3) is 0.382. The molecule has 45 heavy (non-hydrogen) atoms.